The number of ether oxygens (including phenoxy) is 1. The predicted octanol–water partition coefficient (Wildman–Crippen LogP) is -1.70. The van der Waals surface area contributed by atoms with Gasteiger partial charge in [-0.15, -0.1) is 0 Å². The van der Waals surface area contributed by atoms with Crippen LogP contribution >= 0.6 is 0 Å². The van der Waals surface area contributed by atoms with Gasteiger partial charge in [0.25, 0.3) is 0 Å². The second-order valence-electron chi connectivity index (χ2n) is 4.25. The second-order valence-corrected chi connectivity index (χ2v) is 4.25. The zero-order valence-electron chi connectivity index (χ0n) is 10.1. The smallest absolute Gasteiger partial charge is 0.180 e. The molecule has 1 aromatic rings. The van der Waals surface area contributed by atoms with Crippen LogP contribution in [0, 0.1) is 0 Å². The largest absolute Gasteiger partial charge is 0.394 e. The fourth-order valence-corrected chi connectivity index (χ4v) is 1.86. The highest BCUT2D eigenvalue weighted by Crippen LogP contribution is 2.21. The van der Waals surface area contributed by atoms with E-state index in [0.29, 0.717) is 5.69 Å². The maximum absolute atomic E-state index is 9.85. The van der Waals surface area contributed by atoms with E-state index in [-0.39, 0.29) is 0 Å². The van der Waals surface area contributed by atoms with Crippen molar-refractivity contribution in [3.63, 3.8) is 0 Å². The zero-order chi connectivity index (χ0) is 13.8. The molecular formula is C12H16N2O5. The molecule has 19 heavy (non-hydrogen) atoms. The minimum atomic E-state index is -1.39. The molecule has 0 spiro atoms. The molecule has 0 aliphatic carbocycles. The summed E-state index contributed by atoms with van der Waals surface area (Å²) in [6, 6.07) is 4.20. The molecule has 7 heteroatoms. The minimum Gasteiger partial charge on any atom is -0.394 e. The van der Waals surface area contributed by atoms with Crippen molar-refractivity contribution in [2.45, 2.75) is 30.6 Å². The molecule has 1 aliphatic rings. The Morgan fingerprint density at radius 1 is 1.26 bits per heavy atom. The van der Waals surface area contributed by atoms with E-state index in [1.807, 2.05) is 0 Å². The van der Waals surface area contributed by atoms with E-state index >= 15 is 0 Å². The number of aliphatic hydroxyl groups excluding tert-OH is 4. The zero-order valence-corrected chi connectivity index (χ0v) is 10.1. The molecule has 0 unspecified atom stereocenters. The highest BCUT2D eigenvalue weighted by molar-refractivity contribution is 5.76. The molecule has 1 saturated heterocycles. The number of rotatable bonds is 3. The Hall–Kier alpha value is -1.38. The van der Waals surface area contributed by atoms with Gasteiger partial charge in [0.2, 0.25) is 0 Å². The van der Waals surface area contributed by atoms with Gasteiger partial charge in [-0.3, -0.25) is 9.98 Å². The fourth-order valence-electron chi connectivity index (χ4n) is 1.86. The van der Waals surface area contributed by atoms with Crippen molar-refractivity contribution >= 4 is 6.21 Å². The molecule has 0 amide bonds. The van der Waals surface area contributed by atoms with Crippen LogP contribution in [0.5, 0.6) is 0 Å². The van der Waals surface area contributed by atoms with Crippen molar-refractivity contribution in [3.05, 3.63) is 30.1 Å². The van der Waals surface area contributed by atoms with Crippen LogP contribution in [0.25, 0.3) is 0 Å². The Morgan fingerprint density at radius 2 is 2.05 bits per heavy atom. The first-order valence-corrected chi connectivity index (χ1v) is 5.88. The van der Waals surface area contributed by atoms with Crippen molar-refractivity contribution in [1.82, 2.24) is 4.98 Å². The van der Waals surface area contributed by atoms with Crippen LogP contribution in [-0.2, 0) is 4.74 Å². The summed E-state index contributed by atoms with van der Waals surface area (Å²) in [5.41, 5.74) is 0.556. The van der Waals surface area contributed by atoms with Gasteiger partial charge in [0, 0.05) is 12.4 Å². The van der Waals surface area contributed by atoms with E-state index in [1.165, 1.54) is 6.21 Å². The molecular weight excluding hydrogens is 252 g/mol. The highest BCUT2D eigenvalue weighted by Gasteiger charge is 2.43. The first-order valence-electron chi connectivity index (χ1n) is 5.88. The van der Waals surface area contributed by atoms with Crippen LogP contribution in [0.3, 0.4) is 0 Å². The van der Waals surface area contributed by atoms with Crippen LogP contribution in [0.2, 0.25) is 0 Å². The van der Waals surface area contributed by atoms with Gasteiger partial charge in [-0.1, -0.05) is 6.07 Å². The fraction of sp³-hybridized carbons (Fsp3) is 0.500. The third-order valence-electron chi connectivity index (χ3n) is 2.93. The third-order valence-corrected chi connectivity index (χ3v) is 2.93. The Labute approximate surface area is 109 Å². The average molecular weight is 268 g/mol. The molecule has 1 fully saturated rings. The summed E-state index contributed by atoms with van der Waals surface area (Å²) in [6.07, 6.45) is -2.07. The van der Waals surface area contributed by atoms with Crippen LogP contribution in [0.4, 0.5) is 0 Å². The molecule has 1 aromatic heterocycles. The van der Waals surface area contributed by atoms with Crippen molar-refractivity contribution in [3.8, 4) is 0 Å². The maximum atomic E-state index is 9.85. The number of nitrogens with zero attached hydrogens (tertiary/aromatic N) is 2. The van der Waals surface area contributed by atoms with Crippen LogP contribution < -0.4 is 0 Å². The summed E-state index contributed by atoms with van der Waals surface area (Å²) in [4.78, 5) is 7.99. The Bertz CT molecular complexity index is 427. The lowest BCUT2D eigenvalue weighted by Gasteiger charge is -2.38. The first kappa shape index (κ1) is 14.0. The van der Waals surface area contributed by atoms with Crippen molar-refractivity contribution < 1.29 is 25.2 Å². The molecule has 0 saturated carbocycles. The van der Waals surface area contributed by atoms with Gasteiger partial charge < -0.3 is 25.2 Å². The Kier molecular flexibility index (Phi) is 4.56. The Balaban J connectivity index is 2.09. The number of pyridine rings is 1. The minimum absolute atomic E-state index is 0.494. The van der Waals surface area contributed by atoms with Gasteiger partial charge >= 0.3 is 0 Å². The average Bonchev–Trinajstić information content (AvgIpc) is 2.44. The molecule has 0 radical (unpaired) electrons. The SMILES string of the molecule is OC[C@H]1O[C@H](O)[C@H](N=Cc2ccccn2)[C@@H](O)[C@@H]1O. The molecule has 4 N–H and O–H groups in total. The van der Waals surface area contributed by atoms with Gasteiger partial charge in [0.15, 0.2) is 6.29 Å². The van der Waals surface area contributed by atoms with Crippen LogP contribution in [-0.4, -0.2) is 68.9 Å². The molecule has 1 aliphatic heterocycles. The standard InChI is InChI=1S/C12H16N2O5/c15-6-8-10(16)11(17)9(12(18)19-8)14-5-7-3-1-2-4-13-7/h1-5,8-12,15-18H,6H2/t8-,9-,10-,11-,12+/m1/s1. The number of aromatic nitrogens is 1. The predicted molar refractivity (Wildman–Crippen MR) is 65.6 cm³/mol. The maximum Gasteiger partial charge on any atom is 0.180 e. The lowest BCUT2D eigenvalue weighted by molar-refractivity contribution is -0.248. The molecule has 104 valence electrons. The van der Waals surface area contributed by atoms with Crippen molar-refractivity contribution in [1.29, 1.82) is 0 Å². The number of aliphatic imine (C=N–C) groups is 1. The molecule has 0 bridgehead atoms. The lowest BCUT2D eigenvalue weighted by Crippen LogP contribution is -2.57. The Morgan fingerprint density at radius 3 is 2.68 bits per heavy atom. The summed E-state index contributed by atoms with van der Waals surface area (Å²) in [7, 11) is 0. The van der Waals surface area contributed by atoms with E-state index in [1.54, 1.807) is 24.4 Å². The van der Waals surface area contributed by atoms with Crippen LogP contribution in [0.1, 0.15) is 5.69 Å². The number of aliphatic hydroxyl groups is 4. The summed E-state index contributed by atoms with van der Waals surface area (Å²) >= 11 is 0. The molecule has 7 nitrogen and oxygen atoms in total. The summed E-state index contributed by atoms with van der Waals surface area (Å²) in [5.74, 6) is 0. The normalized spacial score (nSPS) is 35.7. The molecule has 0 aromatic carbocycles. The van der Waals surface area contributed by atoms with E-state index < -0.39 is 37.3 Å². The highest BCUT2D eigenvalue weighted by atomic mass is 16.6. The van der Waals surface area contributed by atoms with Crippen LogP contribution in [0.15, 0.2) is 29.4 Å². The lowest BCUT2D eigenvalue weighted by atomic mass is 9.97. The van der Waals surface area contributed by atoms with Gasteiger partial charge in [0.05, 0.1) is 12.3 Å². The summed E-state index contributed by atoms with van der Waals surface area (Å²) in [6.45, 7) is -0.494. The van der Waals surface area contributed by atoms with Gasteiger partial charge in [-0.05, 0) is 12.1 Å². The van der Waals surface area contributed by atoms with Gasteiger partial charge in [-0.25, -0.2) is 0 Å². The molecule has 2 heterocycles. The third kappa shape index (κ3) is 3.14. The second kappa shape index (κ2) is 6.18. The van der Waals surface area contributed by atoms with Crippen molar-refractivity contribution in [2.24, 2.45) is 4.99 Å². The monoisotopic (exact) mass is 268 g/mol. The van der Waals surface area contributed by atoms with Crippen molar-refractivity contribution in [2.75, 3.05) is 6.61 Å². The van der Waals surface area contributed by atoms with E-state index in [2.05, 4.69) is 9.98 Å². The first-order chi connectivity index (χ1) is 9.13. The molecule has 2 rings (SSSR count). The van der Waals surface area contributed by atoms with E-state index in [0.717, 1.165) is 0 Å². The van der Waals surface area contributed by atoms with E-state index in [4.69, 9.17) is 9.84 Å². The quantitative estimate of drug-likeness (QED) is 0.486. The summed E-state index contributed by atoms with van der Waals surface area (Å²) in [5, 5.41) is 38.2. The topological polar surface area (TPSA) is 115 Å². The number of hydrogen-bond donors (Lipinski definition) is 4. The molecule has 5 atom stereocenters. The van der Waals surface area contributed by atoms with Gasteiger partial charge in [0.1, 0.15) is 24.4 Å². The van der Waals surface area contributed by atoms with Gasteiger partial charge in [-0.2, -0.15) is 0 Å². The number of hydrogen-bond acceptors (Lipinski definition) is 7. The summed E-state index contributed by atoms with van der Waals surface area (Å²) < 4.78 is 4.98. The van der Waals surface area contributed by atoms with E-state index in [9.17, 15) is 15.3 Å².